The molecule has 0 aliphatic heterocycles. The van der Waals surface area contributed by atoms with Gasteiger partial charge in [-0.2, -0.15) is 0 Å². The summed E-state index contributed by atoms with van der Waals surface area (Å²) in [7, 11) is -3.75. The molecule has 134 valence electrons. The highest BCUT2D eigenvalue weighted by Gasteiger charge is 2.16. The van der Waals surface area contributed by atoms with Crippen molar-refractivity contribution in [2.75, 3.05) is 0 Å². The average Bonchev–Trinajstić information content (AvgIpc) is 3.22. The molecule has 0 saturated carbocycles. The Morgan fingerprint density at radius 2 is 1.69 bits per heavy atom. The van der Waals surface area contributed by atoms with Crippen LogP contribution in [0.3, 0.4) is 0 Å². The van der Waals surface area contributed by atoms with E-state index in [2.05, 4.69) is 10.3 Å². The number of sulfonamides is 1. The zero-order chi connectivity index (χ0) is 18.4. The monoisotopic (exact) mass is 388 g/mol. The number of rotatable bonds is 7. The van der Waals surface area contributed by atoms with Crippen LogP contribution in [-0.2, 0) is 16.6 Å². The van der Waals surface area contributed by atoms with Gasteiger partial charge in [-0.3, -0.25) is 10.2 Å². The summed E-state index contributed by atoms with van der Waals surface area (Å²) in [5.74, 6) is 0.220. The Hall–Kier alpha value is -2.68. The number of thiophene rings is 1. The molecule has 0 aliphatic rings. The number of carbonyl (C=O) groups excluding carboxylic acids is 1. The van der Waals surface area contributed by atoms with Crippen LogP contribution in [-0.4, -0.2) is 14.3 Å². The molecule has 2 N–H and O–H groups in total. The third-order valence-electron chi connectivity index (χ3n) is 3.42. The molecule has 1 aromatic heterocycles. The number of hydrogen-bond donors (Lipinski definition) is 2. The van der Waals surface area contributed by atoms with Crippen LogP contribution in [0.1, 0.15) is 15.9 Å². The van der Waals surface area contributed by atoms with Crippen LogP contribution in [0.2, 0.25) is 0 Å². The first-order valence-corrected chi connectivity index (χ1v) is 10.0. The zero-order valence-corrected chi connectivity index (χ0v) is 15.2. The molecule has 0 atom stereocenters. The number of hydrogen-bond acceptors (Lipinski definition) is 5. The van der Waals surface area contributed by atoms with Crippen molar-refractivity contribution in [3.8, 4) is 5.75 Å². The maximum atomic E-state index is 12.1. The van der Waals surface area contributed by atoms with Crippen LogP contribution in [0, 0.1) is 0 Å². The summed E-state index contributed by atoms with van der Waals surface area (Å²) in [4.78, 5) is 14.2. The predicted octanol–water partition coefficient (Wildman–Crippen LogP) is 2.95. The highest BCUT2D eigenvalue weighted by molar-refractivity contribution is 7.91. The van der Waals surface area contributed by atoms with Crippen molar-refractivity contribution in [2.45, 2.75) is 10.8 Å². The Kier molecular flexibility index (Phi) is 5.67. The maximum absolute atomic E-state index is 12.1. The SMILES string of the molecule is O=C(NNS(=O)(=O)c1cccs1)c1ccc(COc2ccccc2)cc1. The second kappa shape index (κ2) is 8.13. The fraction of sp³-hybridized carbons (Fsp3) is 0.0556. The molecular weight excluding hydrogens is 372 g/mol. The molecule has 3 rings (SSSR count). The van der Waals surface area contributed by atoms with Crippen LogP contribution in [0.15, 0.2) is 76.3 Å². The Bertz CT molecular complexity index is 954. The zero-order valence-electron chi connectivity index (χ0n) is 13.6. The molecule has 0 unspecified atom stereocenters. The Balaban J connectivity index is 1.55. The van der Waals surface area contributed by atoms with Crippen LogP contribution in [0.25, 0.3) is 0 Å². The van der Waals surface area contributed by atoms with Gasteiger partial charge in [0.25, 0.3) is 15.9 Å². The lowest BCUT2D eigenvalue weighted by atomic mass is 10.1. The number of nitrogens with one attached hydrogen (secondary N) is 2. The summed E-state index contributed by atoms with van der Waals surface area (Å²) in [6.07, 6.45) is 0. The second-order valence-electron chi connectivity index (χ2n) is 5.29. The van der Waals surface area contributed by atoms with Gasteiger partial charge in [-0.1, -0.05) is 36.4 Å². The van der Waals surface area contributed by atoms with Crippen molar-refractivity contribution in [3.05, 3.63) is 83.2 Å². The Labute approximate surface area is 155 Å². The lowest BCUT2D eigenvalue weighted by molar-refractivity contribution is 0.0945. The van der Waals surface area contributed by atoms with Gasteiger partial charge in [-0.15, -0.1) is 16.2 Å². The molecule has 0 fully saturated rings. The van der Waals surface area contributed by atoms with E-state index in [-0.39, 0.29) is 4.21 Å². The van der Waals surface area contributed by atoms with Gasteiger partial charge in [0, 0.05) is 5.56 Å². The standard InChI is InChI=1S/C18H16N2O4S2/c21-18(19-20-26(22,23)17-7-4-12-25-17)15-10-8-14(9-11-15)13-24-16-5-2-1-3-6-16/h1-12,20H,13H2,(H,19,21). The number of benzene rings is 2. The fourth-order valence-corrected chi connectivity index (χ4v) is 3.92. The van der Waals surface area contributed by atoms with Crippen LogP contribution in [0.5, 0.6) is 5.75 Å². The van der Waals surface area contributed by atoms with E-state index in [9.17, 15) is 13.2 Å². The molecule has 1 amide bonds. The predicted molar refractivity (Wildman–Crippen MR) is 99.3 cm³/mol. The normalized spacial score (nSPS) is 11.1. The number of amides is 1. The molecule has 1 heterocycles. The molecule has 0 aliphatic carbocycles. The van der Waals surface area contributed by atoms with Gasteiger partial charge in [-0.05, 0) is 41.3 Å². The van der Waals surface area contributed by atoms with Gasteiger partial charge in [0.2, 0.25) is 0 Å². The minimum Gasteiger partial charge on any atom is -0.489 e. The second-order valence-corrected chi connectivity index (χ2v) is 8.15. The van der Waals surface area contributed by atoms with Crippen molar-refractivity contribution >= 4 is 27.3 Å². The molecule has 8 heteroatoms. The van der Waals surface area contributed by atoms with E-state index in [0.717, 1.165) is 22.6 Å². The van der Waals surface area contributed by atoms with Crippen LogP contribution < -0.4 is 15.0 Å². The first kappa shape index (κ1) is 18.1. The molecule has 26 heavy (non-hydrogen) atoms. The van der Waals surface area contributed by atoms with E-state index in [0.29, 0.717) is 12.2 Å². The third-order valence-corrected chi connectivity index (χ3v) is 6.07. The van der Waals surface area contributed by atoms with Crippen molar-refractivity contribution in [3.63, 3.8) is 0 Å². The van der Waals surface area contributed by atoms with Crippen molar-refractivity contribution in [2.24, 2.45) is 0 Å². The summed E-state index contributed by atoms with van der Waals surface area (Å²) in [5.41, 5.74) is 3.43. The van der Waals surface area contributed by atoms with Crippen LogP contribution >= 0.6 is 11.3 Å². The molecule has 0 saturated heterocycles. The topological polar surface area (TPSA) is 84.5 Å². The van der Waals surface area contributed by atoms with Gasteiger partial charge in [-0.25, -0.2) is 8.42 Å². The molecule has 2 aromatic carbocycles. The minimum absolute atomic E-state index is 0.131. The van der Waals surface area contributed by atoms with Gasteiger partial charge in [0.1, 0.15) is 16.6 Å². The van der Waals surface area contributed by atoms with E-state index >= 15 is 0 Å². The molecule has 0 bridgehead atoms. The number of para-hydroxylation sites is 1. The van der Waals surface area contributed by atoms with Gasteiger partial charge in [0.15, 0.2) is 0 Å². The Morgan fingerprint density at radius 3 is 2.35 bits per heavy atom. The van der Waals surface area contributed by atoms with E-state index in [4.69, 9.17) is 4.74 Å². The van der Waals surface area contributed by atoms with Gasteiger partial charge >= 0.3 is 0 Å². The largest absolute Gasteiger partial charge is 0.489 e. The highest BCUT2D eigenvalue weighted by Crippen LogP contribution is 2.15. The van der Waals surface area contributed by atoms with E-state index in [1.807, 2.05) is 30.3 Å². The number of hydrazine groups is 1. The molecule has 0 spiro atoms. The summed E-state index contributed by atoms with van der Waals surface area (Å²) >= 11 is 1.07. The first-order chi connectivity index (χ1) is 12.5. The fourth-order valence-electron chi connectivity index (χ4n) is 2.09. The quantitative estimate of drug-likeness (QED) is 0.610. The van der Waals surface area contributed by atoms with Gasteiger partial charge < -0.3 is 4.74 Å². The lowest BCUT2D eigenvalue weighted by Crippen LogP contribution is -2.41. The Morgan fingerprint density at radius 1 is 0.962 bits per heavy atom. The highest BCUT2D eigenvalue weighted by atomic mass is 32.2. The minimum atomic E-state index is -3.75. The van der Waals surface area contributed by atoms with Crippen molar-refractivity contribution in [1.82, 2.24) is 10.3 Å². The smallest absolute Gasteiger partial charge is 0.266 e. The lowest BCUT2D eigenvalue weighted by Gasteiger charge is -2.08. The third kappa shape index (κ3) is 4.69. The summed E-state index contributed by atoms with van der Waals surface area (Å²) in [6, 6.07) is 19.2. The summed E-state index contributed by atoms with van der Waals surface area (Å²) in [5, 5.41) is 1.65. The van der Waals surface area contributed by atoms with Gasteiger partial charge in [0.05, 0.1) is 0 Å². The van der Waals surface area contributed by atoms with Crippen molar-refractivity contribution < 1.29 is 17.9 Å². The van der Waals surface area contributed by atoms with Crippen molar-refractivity contribution in [1.29, 1.82) is 0 Å². The summed E-state index contributed by atoms with van der Waals surface area (Å²) in [6.45, 7) is 0.372. The van der Waals surface area contributed by atoms with Crippen LogP contribution in [0.4, 0.5) is 0 Å². The number of carbonyl (C=O) groups is 1. The average molecular weight is 388 g/mol. The first-order valence-electron chi connectivity index (χ1n) is 7.67. The summed E-state index contributed by atoms with van der Waals surface area (Å²) < 4.78 is 29.7. The van der Waals surface area contributed by atoms with E-state index in [1.54, 1.807) is 35.7 Å². The molecule has 0 radical (unpaired) electrons. The van der Waals surface area contributed by atoms with E-state index in [1.165, 1.54) is 6.07 Å². The van der Waals surface area contributed by atoms with E-state index < -0.39 is 15.9 Å². The maximum Gasteiger partial charge on any atom is 0.266 e. The molecular formula is C18H16N2O4S2. The molecule has 3 aromatic rings. The number of ether oxygens (including phenoxy) is 1. The molecule has 6 nitrogen and oxygen atoms in total.